The molecule has 136 valence electrons. The van der Waals surface area contributed by atoms with Crippen LogP contribution in [0, 0.1) is 0 Å². The molecule has 0 spiro atoms. The van der Waals surface area contributed by atoms with Crippen molar-refractivity contribution in [1.82, 2.24) is 9.97 Å². The number of nitrogens with zero attached hydrogens (tertiary/aromatic N) is 2. The number of ether oxygens (including phenoxy) is 3. The van der Waals surface area contributed by atoms with Gasteiger partial charge in [0.2, 0.25) is 6.79 Å². The molecule has 0 fully saturated rings. The minimum absolute atomic E-state index is 0.209. The second kappa shape index (κ2) is 7.20. The van der Waals surface area contributed by atoms with Crippen molar-refractivity contribution in [2.45, 2.75) is 0 Å². The van der Waals surface area contributed by atoms with Crippen molar-refractivity contribution in [3.63, 3.8) is 0 Å². The Morgan fingerprint density at radius 2 is 1.93 bits per heavy atom. The highest BCUT2D eigenvalue weighted by molar-refractivity contribution is 6.03. The lowest BCUT2D eigenvalue weighted by Crippen LogP contribution is -2.14. The molecule has 0 atom stereocenters. The number of hydrogen-bond acceptors (Lipinski definition) is 7. The third-order valence-corrected chi connectivity index (χ3v) is 3.87. The van der Waals surface area contributed by atoms with Crippen LogP contribution in [0.15, 0.2) is 54.9 Å². The van der Waals surface area contributed by atoms with Gasteiger partial charge in [-0.05, 0) is 24.3 Å². The van der Waals surface area contributed by atoms with E-state index in [1.807, 2.05) is 12.1 Å². The molecular formula is C19H16N4O4. The van der Waals surface area contributed by atoms with Crippen LogP contribution in [-0.2, 0) is 0 Å². The van der Waals surface area contributed by atoms with Gasteiger partial charge in [0.1, 0.15) is 23.6 Å². The van der Waals surface area contributed by atoms with E-state index in [2.05, 4.69) is 20.6 Å². The first-order valence-corrected chi connectivity index (χ1v) is 8.15. The van der Waals surface area contributed by atoms with Crippen molar-refractivity contribution in [3.8, 4) is 17.2 Å². The number of fused-ring (bicyclic) bond motifs is 1. The number of benzene rings is 2. The number of rotatable bonds is 5. The Hall–Kier alpha value is -3.81. The van der Waals surface area contributed by atoms with Gasteiger partial charge in [-0.15, -0.1) is 0 Å². The van der Waals surface area contributed by atoms with Crippen LogP contribution in [0.25, 0.3) is 0 Å². The zero-order valence-corrected chi connectivity index (χ0v) is 14.4. The van der Waals surface area contributed by atoms with E-state index in [9.17, 15) is 4.79 Å². The van der Waals surface area contributed by atoms with Gasteiger partial charge < -0.3 is 24.8 Å². The monoisotopic (exact) mass is 364 g/mol. The zero-order valence-electron chi connectivity index (χ0n) is 14.4. The van der Waals surface area contributed by atoms with Gasteiger partial charge in [-0.1, -0.05) is 6.07 Å². The fraction of sp³-hybridized carbons (Fsp3) is 0.105. The lowest BCUT2D eigenvalue weighted by molar-refractivity contribution is 0.102. The Bertz CT molecular complexity index is 993. The Morgan fingerprint density at radius 1 is 1.04 bits per heavy atom. The summed E-state index contributed by atoms with van der Waals surface area (Å²) in [5.74, 6) is 2.14. The molecule has 1 aliphatic rings. The first-order chi connectivity index (χ1) is 13.2. The summed E-state index contributed by atoms with van der Waals surface area (Å²) in [5, 5.41) is 5.91. The molecule has 0 bridgehead atoms. The third-order valence-electron chi connectivity index (χ3n) is 3.87. The minimum atomic E-state index is -0.348. The van der Waals surface area contributed by atoms with Gasteiger partial charge in [-0.25, -0.2) is 9.97 Å². The standard InChI is InChI=1S/C19H16N4O4/c1-25-14-4-2-3-12(7-14)23-19(24)15-9-18(21-10-20-15)22-13-5-6-16-17(8-13)27-11-26-16/h2-10H,11H2,1H3,(H,23,24)(H,20,21,22). The molecular weight excluding hydrogens is 348 g/mol. The summed E-state index contributed by atoms with van der Waals surface area (Å²) in [6.45, 7) is 0.209. The molecule has 0 unspecified atom stereocenters. The van der Waals surface area contributed by atoms with E-state index in [4.69, 9.17) is 14.2 Å². The maximum atomic E-state index is 12.5. The van der Waals surface area contributed by atoms with Crippen molar-refractivity contribution < 1.29 is 19.0 Å². The molecule has 2 N–H and O–H groups in total. The third kappa shape index (κ3) is 3.74. The minimum Gasteiger partial charge on any atom is -0.497 e. The van der Waals surface area contributed by atoms with Crippen LogP contribution in [0.4, 0.5) is 17.2 Å². The highest BCUT2D eigenvalue weighted by Gasteiger charge is 2.14. The molecule has 0 saturated heterocycles. The van der Waals surface area contributed by atoms with Crippen LogP contribution in [0.2, 0.25) is 0 Å². The summed E-state index contributed by atoms with van der Waals surface area (Å²) in [4.78, 5) is 20.7. The topological polar surface area (TPSA) is 94.6 Å². The summed E-state index contributed by atoms with van der Waals surface area (Å²) in [6.07, 6.45) is 1.33. The van der Waals surface area contributed by atoms with Gasteiger partial charge in [-0.2, -0.15) is 0 Å². The molecule has 1 aromatic heterocycles. The van der Waals surface area contributed by atoms with E-state index in [0.717, 1.165) is 5.69 Å². The van der Waals surface area contributed by atoms with E-state index >= 15 is 0 Å². The maximum Gasteiger partial charge on any atom is 0.274 e. The molecule has 27 heavy (non-hydrogen) atoms. The average Bonchev–Trinajstić information content (AvgIpc) is 3.16. The van der Waals surface area contributed by atoms with Gasteiger partial charge in [0.05, 0.1) is 7.11 Å². The number of hydrogen-bond donors (Lipinski definition) is 2. The smallest absolute Gasteiger partial charge is 0.274 e. The molecule has 1 amide bonds. The number of nitrogens with one attached hydrogen (secondary N) is 2. The molecule has 3 aromatic rings. The van der Waals surface area contributed by atoms with E-state index < -0.39 is 0 Å². The van der Waals surface area contributed by atoms with Crippen LogP contribution >= 0.6 is 0 Å². The lowest BCUT2D eigenvalue weighted by Gasteiger charge is -2.09. The van der Waals surface area contributed by atoms with Gasteiger partial charge in [-0.3, -0.25) is 4.79 Å². The fourth-order valence-corrected chi connectivity index (χ4v) is 2.57. The quantitative estimate of drug-likeness (QED) is 0.718. The SMILES string of the molecule is COc1cccc(NC(=O)c2cc(Nc3ccc4c(c3)OCO4)ncn2)c1. The molecule has 4 rings (SSSR count). The molecule has 8 nitrogen and oxygen atoms in total. The van der Waals surface area contributed by atoms with Gasteiger partial charge in [0, 0.05) is 29.6 Å². The van der Waals surface area contributed by atoms with Crippen LogP contribution < -0.4 is 24.8 Å². The molecule has 0 aliphatic carbocycles. The Morgan fingerprint density at radius 3 is 2.81 bits per heavy atom. The number of methoxy groups -OCH3 is 1. The first kappa shape index (κ1) is 16.6. The lowest BCUT2D eigenvalue weighted by atomic mass is 10.2. The van der Waals surface area contributed by atoms with Crippen molar-refractivity contribution in [2.24, 2.45) is 0 Å². The highest BCUT2D eigenvalue weighted by atomic mass is 16.7. The number of carbonyl (C=O) groups is 1. The summed E-state index contributed by atoms with van der Waals surface area (Å²) in [5.41, 5.74) is 1.61. The Kier molecular flexibility index (Phi) is 4.44. The normalized spacial score (nSPS) is 11.7. The van der Waals surface area contributed by atoms with Crippen LogP contribution in [0.1, 0.15) is 10.5 Å². The molecule has 0 radical (unpaired) electrons. The van der Waals surface area contributed by atoms with Crippen molar-refractivity contribution >= 4 is 23.1 Å². The summed E-state index contributed by atoms with van der Waals surface area (Å²) in [6, 6.07) is 14.1. The average molecular weight is 364 g/mol. The number of aromatic nitrogens is 2. The van der Waals surface area contributed by atoms with Crippen LogP contribution in [0.3, 0.4) is 0 Å². The van der Waals surface area contributed by atoms with E-state index in [0.29, 0.717) is 28.8 Å². The second-order valence-electron chi connectivity index (χ2n) is 5.67. The van der Waals surface area contributed by atoms with Crippen LogP contribution in [0.5, 0.6) is 17.2 Å². The molecule has 1 aliphatic heterocycles. The maximum absolute atomic E-state index is 12.5. The van der Waals surface area contributed by atoms with Crippen molar-refractivity contribution in [1.29, 1.82) is 0 Å². The molecule has 2 aromatic carbocycles. The van der Waals surface area contributed by atoms with Crippen LogP contribution in [-0.4, -0.2) is 29.8 Å². The van der Waals surface area contributed by atoms with Gasteiger partial charge in [0.25, 0.3) is 5.91 Å². The Balaban J connectivity index is 1.49. The predicted molar refractivity (Wildman–Crippen MR) is 98.8 cm³/mol. The first-order valence-electron chi connectivity index (χ1n) is 8.15. The Labute approximate surface area is 155 Å². The van der Waals surface area contributed by atoms with E-state index in [1.54, 1.807) is 43.5 Å². The predicted octanol–water partition coefficient (Wildman–Crippen LogP) is 3.21. The largest absolute Gasteiger partial charge is 0.497 e. The second-order valence-corrected chi connectivity index (χ2v) is 5.67. The molecule has 2 heterocycles. The van der Waals surface area contributed by atoms with Gasteiger partial charge in [0.15, 0.2) is 11.5 Å². The van der Waals surface area contributed by atoms with E-state index in [1.165, 1.54) is 6.33 Å². The van der Waals surface area contributed by atoms with Gasteiger partial charge >= 0.3 is 0 Å². The van der Waals surface area contributed by atoms with E-state index in [-0.39, 0.29) is 18.4 Å². The highest BCUT2D eigenvalue weighted by Crippen LogP contribution is 2.34. The zero-order chi connectivity index (χ0) is 18.6. The fourth-order valence-electron chi connectivity index (χ4n) is 2.57. The number of amides is 1. The summed E-state index contributed by atoms with van der Waals surface area (Å²) < 4.78 is 15.8. The molecule has 8 heteroatoms. The van der Waals surface area contributed by atoms with Crippen molar-refractivity contribution in [3.05, 3.63) is 60.6 Å². The summed E-state index contributed by atoms with van der Waals surface area (Å²) >= 11 is 0. The van der Waals surface area contributed by atoms with Crippen molar-refractivity contribution in [2.75, 3.05) is 24.5 Å². The number of carbonyl (C=O) groups excluding carboxylic acids is 1. The summed E-state index contributed by atoms with van der Waals surface area (Å²) in [7, 11) is 1.57. The molecule has 0 saturated carbocycles. The number of anilines is 3.